The second kappa shape index (κ2) is 6.38. The number of para-hydroxylation sites is 2. The highest BCUT2D eigenvalue weighted by molar-refractivity contribution is 5.58. The van der Waals surface area contributed by atoms with Crippen molar-refractivity contribution in [3.63, 3.8) is 0 Å². The smallest absolute Gasteiger partial charge is 0.170 e. The maximum atomic E-state index is 6.04. The van der Waals surface area contributed by atoms with Crippen molar-refractivity contribution in [3.8, 4) is 5.75 Å². The number of rotatable bonds is 4. The molecule has 5 heteroatoms. The first-order valence-corrected chi connectivity index (χ1v) is 7.97. The molecule has 5 nitrogen and oxygen atoms in total. The van der Waals surface area contributed by atoms with Gasteiger partial charge in [0.1, 0.15) is 18.2 Å². The van der Waals surface area contributed by atoms with Crippen molar-refractivity contribution in [1.29, 1.82) is 0 Å². The fraction of sp³-hybridized carbons (Fsp3) is 0.529. The van der Waals surface area contributed by atoms with Gasteiger partial charge in [0.05, 0.1) is 5.69 Å². The summed E-state index contributed by atoms with van der Waals surface area (Å²) in [5.74, 6) is 3.41. The van der Waals surface area contributed by atoms with Crippen LogP contribution in [0.3, 0.4) is 0 Å². The molecule has 22 heavy (non-hydrogen) atoms. The summed E-state index contributed by atoms with van der Waals surface area (Å²) in [4.78, 5) is 2.44. The van der Waals surface area contributed by atoms with E-state index in [0.29, 0.717) is 6.61 Å². The standard InChI is InChI=1S/C17H24N4O/c1-13-7-6-10-21(11-13)15-8-4-5-9-16(15)22-12-17-19-18-14(2)20(17)3/h4-5,8-9,13H,6-7,10-12H2,1-3H3. The Balaban J connectivity index is 1.75. The van der Waals surface area contributed by atoms with Gasteiger partial charge >= 0.3 is 0 Å². The van der Waals surface area contributed by atoms with Crippen LogP contribution in [-0.2, 0) is 13.7 Å². The van der Waals surface area contributed by atoms with E-state index in [0.717, 1.165) is 36.4 Å². The summed E-state index contributed by atoms with van der Waals surface area (Å²) in [5.41, 5.74) is 1.19. The van der Waals surface area contributed by atoms with Crippen LogP contribution in [-0.4, -0.2) is 27.9 Å². The Morgan fingerprint density at radius 3 is 2.82 bits per heavy atom. The van der Waals surface area contributed by atoms with Crippen LogP contribution < -0.4 is 9.64 Å². The van der Waals surface area contributed by atoms with E-state index in [4.69, 9.17) is 4.74 Å². The molecule has 1 atom stereocenters. The van der Waals surface area contributed by atoms with Crippen molar-refractivity contribution < 1.29 is 4.74 Å². The molecule has 0 bridgehead atoms. The van der Waals surface area contributed by atoms with Crippen LogP contribution in [0.15, 0.2) is 24.3 Å². The predicted octanol–water partition coefficient (Wildman–Crippen LogP) is 2.94. The van der Waals surface area contributed by atoms with E-state index in [-0.39, 0.29) is 0 Å². The molecule has 1 unspecified atom stereocenters. The zero-order valence-corrected chi connectivity index (χ0v) is 13.6. The van der Waals surface area contributed by atoms with Crippen LogP contribution in [0, 0.1) is 12.8 Å². The lowest BCUT2D eigenvalue weighted by Gasteiger charge is -2.33. The SMILES string of the molecule is Cc1nnc(COc2ccccc2N2CCCC(C)C2)n1C. The minimum atomic E-state index is 0.442. The van der Waals surface area contributed by atoms with Crippen LogP contribution >= 0.6 is 0 Å². The Morgan fingerprint density at radius 1 is 1.27 bits per heavy atom. The van der Waals surface area contributed by atoms with Gasteiger partial charge in [-0.15, -0.1) is 10.2 Å². The van der Waals surface area contributed by atoms with Gasteiger partial charge in [-0.1, -0.05) is 19.1 Å². The minimum Gasteiger partial charge on any atom is -0.483 e. The van der Waals surface area contributed by atoms with Crippen LogP contribution in [0.4, 0.5) is 5.69 Å². The van der Waals surface area contributed by atoms with Crippen molar-refractivity contribution in [3.05, 3.63) is 35.9 Å². The van der Waals surface area contributed by atoms with Gasteiger partial charge < -0.3 is 14.2 Å². The summed E-state index contributed by atoms with van der Waals surface area (Å²) in [5, 5.41) is 8.23. The Morgan fingerprint density at radius 2 is 2.09 bits per heavy atom. The van der Waals surface area contributed by atoms with E-state index in [2.05, 4.69) is 34.2 Å². The number of aromatic nitrogens is 3. The van der Waals surface area contributed by atoms with Crippen LogP contribution in [0.5, 0.6) is 5.75 Å². The fourth-order valence-corrected chi connectivity index (χ4v) is 2.97. The molecule has 1 fully saturated rings. The van der Waals surface area contributed by atoms with Gasteiger partial charge in [0.25, 0.3) is 0 Å². The van der Waals surface area contributed by atoms with Gasteiger partial charge in [0, 0.05) is 20.1 Å². The second-order valence-electron chi connectivity index (χ2n) is 6.17. The molecule has 118 valence electrons. The van der Waals surface area contributed by atoms with E-state index in [1.165, 1.54) is 18.5 Å². The van der Waals surface area contributed by atoms with E-state index in [9.17, 15) is 0 Å². The monoisotopic (exact) mass is 300 g/mol. The molecule has 0 radical (unpaired) electrons. The summed E-state index contributed by atoms with van der Waals surface area (Å²) in [6.45, 7) is 6.91. The quantitative estimate of drug-likeness (QED) is 0.871. The molecule has 2 aromatic rings. The number of anilines is 1. The van der Waals surface area contributed by atoms with Crippen LogP contribution in [0.2, 0.25) is 0 Å². The summed E-state index contributed by atoms with van der Waals surface area (Å²) >= 11 is 0. The maximum Gasteiger partial charge on any atom is 0.170 e. The molecule has 0 N–H and O–H groups in total. The molecule has 2 heterocycles. The lowest BCUT2D eigenvalue weighted by atomic mass is 9.99. The Bertz CT molecular complexity index is 637. The van der Waals surface area contributed by atoms with Gasteiger partial charge in [-0.3, -0.25) is 0 Å². The molecule has 0 saturated carbocycles. The molecule has 0 aliphatic carbocycles. The minimum absolute atomic E-state index is 0.442. The number of benzene rings is 1. The maximum absolute atomic E-state index is 6.04. The lowest BCUT2D eigenvalue weighted by molar-refractivity contribution is 0.290. The average molecular weight is 300 g/mol. The van der Waals surface area contributed by atoms with Crippen molar-refractivity contribution >= 4 is 5.69 Å². The normalized spacial score (nSPS) is 18.5. The number of nitrogens with zero attached hydrogens (tertiary/aromatic N) is 4. The summed E-state index contributed by atoms with van der Waals surface area (Å²) in [7, 11) is 1.96. The molecule has 0 amide bonds. The summed E-state index contributed by atoms with van der Waals surface area (Å²) in [6.07, 6.45) is 2.57. The highest BCUT2D eigenvalue weighted by Gasteiger charge is 2.19. The van der Waals surface area contributed by atoms with Gasteiger partial charge in [-0.05, 0) is 37.8 Å². The Hall–Kier alpha value is -2.04. The van der Waals surface area contributed by atoms with E-state index in [1.807, 2.05) is 30.7 Å². The highest BCUT2D eigenvalue weighted by atomic mass is 16.5. The van der Waals surface area contributed by atoms with Gasteiger partial charge in [0.15, 0.2) is 5.82 Å². The summed E-state index contributed by atoms with van der Waals surface area (Å²) < 4.78 is 8.00. The number of ether oxygens (including phenoxy) is 1. The average Bonchev–Trinajstić information content (AvgIpc) is 2.85. The molecule has 1 aromatic carbocycles. The van der Waals surface area contributed by atoms with Crippen molar-refractivity contribution in [2.45, 2.75) is 33.3 Å². The topological polar surface area (TPSA) is 43.2 Å². The zero-order valence-electron chi connectivity index (χ0n) is 13.6. The van der Waals surface area contributed by atoms with Crippen LogP contribution in [0.25, 0.3) is 0 Å². The third-order valence-corrected chi connectivity index (χ3v) is 4.40. The predicted molar refractivity (Wildman–Crippen MR) is 87.1 cm³/mol. The highest BCUT2D eigenvalue weighted by Crippen LogP contribution is 2.31. The van der Waals surface area contributed by atoms with E-state index in [1.54, 1.807) is 0 Å². The second-order valence-corrected chi connectivity index (χ2v) is 6.17. The first-order valence-electron chi connectivity index (χ1n) is 7.97. The van der Waals surface area contributed by atoms with Crippen molar-refractivity contribution in [1.82, 2.24) is 14.8 Å². The molecule has 1 aromatic heterocycles. The molecule has 0 spiro atoms. The van der Waals surface area contributed by atoms with Gasteiger partial charge in [-0.25, -0.2) is 0 Å². The molecular formula is C17H24N4O. The molecule has 1 saturated heterocycles. The van der Waals surface area contributed by atoms with Crippen LogP contribution in [0.1, 0.15) is 31.4 Å². The Labute approximate surface area is 131 Å². The molecule has 1 aliphatic heterocycles. The van der Waals surface area contributed by atoms with E-state index < -0.39 is 0 Å². The van der Waals surface area contributed by atoms with Gasteiger partial charge in [0.2, 0.25) is 0 Å². The summed E-state index contributed by atoms with van der Waals surface area (Å²) in [6, 6.07) is 8.29. The largest absolute Gasteiger partial charge is 0.483 e. The third kappa shape index (κ3) is 3.08. The molecular weight excluding hydrogens is 276 g/mol. The Kier molecular flexibility index (Phi) is 4.32. The lowest BCUT2D eigenvalue weighted by Crippen LogP contribution is -2.34. The van der Waals surface area contributed by atoms with Crippen molar-refractivity contribution in [2.24, 2.45) is 13.0 Å². The zero-order chi connectivity index (χ0) is 15.5. The molecule has 3 rings (SSSR count). The molecule has 1 aliphatic rings. The number of hydrogen-bond acceptors (Lipinski definition) is 4. The fourth-order valence-electron chi connectivity index (χ4n) is 2.97. The number of piperidine rings is 1. The van der Waals surface area contributed by atoms with Crippen molar-refractivity contribution in [2.75, 3.05) is 18.0 Å². The first-order chi connectivity index (χ1) is 10.6. The first kappa shape index (κ1) is 14.9. The van der Waals surface area contributed by atoms with Gasteiger partial charge in [-0.2, -0.15) is 0 Å². The number of aryl methyl sites for hydroxylation is 1. The number of hydrogen-bond donors (Lipinski definition) is 0. The van der Waals surface area contributed by atoms with E-state index >= 15 is 0 Å². The third-order valence-electron chi connectivity index (χ3n) is 4.40.